The molecule has 2 atom stereocenters. The van der Waals surface area contributed by atoms with Crippen LogP contribution >= 0.6 is 11.6 Å². The molecule has 0 bridgehead atoms. The minimum atomic E-state index is -0.711. The Morgan fingerprint density at radius 3 is 2.96 bits per heavy atom. The van der Waals surface area contributed by atoms with Crippen LogP contribution < -0.4 is 9.74 Å². The molecule has 4 rings (SSSR count). The van der Waals surface area contributed by atoms with Crippen LogP contribution in [-0.2, 0) is 11.2 Å². The normalized spacial score (nSPS) is 17.6. The number of carbonyl (C=O) groups is 1. The van der Waals surface area contributed by atoms with Gasteiger partial charge in [0.05, 0.1) is 0 Å². The van der Waals surface area contributed by atoms with Gasteiger partial charge in [0.25, 0.3) is 5.91 Å². The molecule has 1 amide bonds. The zero-order valence-electron chi connectivity index (χ0n) is 13.9. The van der Waals surface area contributed by atoms with Gasteiger partial charge in [-0.25, -0.2) is 0 Å². The summed E-state index contributed by atoms with van der Waals surface area (Å²) in [5.74, 6) is -0.108. The topological polar surface area (TPSA) is 60.2 Å². The third-order valence-corrected chi connectivity index (χ3v) is 4.66. The summed E-state index contributed by atoms with van der Waals surface area (Å²) in [6.07, 6.45) is 0.133. The van der Waals surface area contributed by atoms with Crippen LogP contribution in [0.25, 0.3) is 11.0 Å². The number of amides is 1. The number of anilines is 1. The summed E-state index contributed by atoms with van der Waals surface area (Å²) >= 11 is 6.03. The zero-order valence-corrected chi connectivity index (χ0v) is 14.6. The molecule has 128 valence electrons. The molecule has 0 fully saturated rings. The van der Waals surface area contributed by atoms with Gasteiger partial charge in [-0.05, 0) is 55.3 Å². The van der Waals surface area contributed by atoms with Gasteiger partial charge in [0.15, 0.2) is 0 Å². The molecule has 2 heterocycles. The van der Waals surface area contributed by atoms with Crippen LogP contribution in [0.15, 0.2) is 42.5 Å². The Morgan fingerprint density at radius 2 is 2.12 bits per heavy atom. The van der Waals surface area contributed by atoms with Crippen LogP contribution in [-0.4, -0.2) is 33.2 Å². The second-order valence-electron chi connectivity index (χ2n) is 6.23. The molecular formula is C18H17ClN4O2. The van der Waals surface area contributed by atoms with Crippen molar-refractivity contribution in [3.63, 3.8) is 0 Å². The molecule has 0 unspecified atom stereocenters. The van der Waals surface area contributed by atoms with Gasteiger partial charge in [-0.1, -0.05) is 34.6 Å². The van der Waals surface area contributed by atoms with Crippen molar-refractivity contribution in [2.45, 2.75) is 32.4 Å². The number of benzene rings is 2. The monoisotopic (exact) mass is 356 g/mol. The minimum Gasteiger partial charge on any atom is -0.382 e. The van der Waals surface area contributed by atoms with Crippen LogP contribution in [0, 0.1) is 0 Å². The summed E-state index contributed by atoms with van der Waals surface area (Å²) in [4.78, 5) is 21.8. The lowest BCUT2D eigenvalue weighted by atomic mass is 10.1. The third-order valence-electron chi connectivity index (χ3n) is 4.43. The summed E-state index contributed by atoms with van der Waals surface area (Å²) in [5.41, 5.74) is 3.40. The first-order valence-electron chi connectivity index (χ1n) is 8.13. The molecule has 3 aromatic rings. The highest BCUT2D eigenvalue weighted by Crippen LogP contribution is 2.32. The SMILES string of the molecule is C[C@H](On1nnc2ccc(Cl)cc21)C(=O)N1c2ccccc2C[C@@H]1C. The second-order valence-corrected chi connectivity index (χ2v) is 6.67. The van der Waals surface area contributed by atoms with E-state index in [1.165, 1.54) is 10.4 Å². The van der Waals surface area contributed by atoms with E-state index < -0.39 is 6.10 Å². The molecule has 0 saturated heterocycles. The van der Waals surface area contributed by atoms with E-state index in [0.717, 1.165) is 12.1 Å². The number of rotatable bonds is 3. The standard InChI is InChI=1S/C18H17ClN4O2/c1-11-9-13-5-3-4-6-16(13)22(11)18(24)12(2)25-23-17-10-14(19)7-8-15(17)20-21-23/h3-8,10-12H,9H2,1-2H3/t11-,12-/m0/s1. The second kappa shape index (κ2) is 6.04. The van der Waals surface area contributed by atoms with E-state index >= 15 is 0 Å². The molecular weight excluding hydrogens is 340 g/mol. The molecule has 7 heteroatoms. The van der Waals surface area contributed by atoms with Crippen molar-refractivity contribution in [2.75, 3.05) is 4.90 Å². The summed E-state index contributed by atoms with van der Waals surface area (Å²) < 4.78 is 0. The van der Waals surface area contributed by atoms with E-state index in [2.05, 4.69) is 16.4 Å². The van der Waals surface area contributed by atoms with Gasteiger partial charge in [0.2, 0.25) is 6.10 Å². The van der Waals surface area contributed by atoms with E-state index in [9.17, 15) is 4.79 Å². The average Bonchev–Trinajstić information content (AvgIpc) is 3.14. The van der Waals surface area contributed by atoms with Crippen LogP contribution in [0.5, 0.6) is 0 Å². The Morgan fingerprint density at radius 1 is 1.32 bits per heavy atom. The van der Waals surface area contributed by atoms with Gasteiger partial charge in [-0.2, -0.15) is 0 Å². The molecule has 1 aliphatic heterocycles. The lowest BCUT2D eigenvalue weighted by molar-refractivity contribution is -0.130. The van der Waals surface area contributed by atoms with E-state index in [4.69, 9.17) is 16.4 Å². The molecule has 1 aliphatic rings. The Kier molecular flexibility index (Phi) is 3.84. The molecule has 0 saturated carbocycles. The maximum absolute atomic E-state index is 13.0. The predicted molar refractivity (Wildman–Crippen MR) is 95.7 cm³/mol. The minimum absolute atomic E-state index is 0.0953. The van der Waals surface area contributed by atoms with Crippen LogP contribution in [0.2, 0.25) is 5.02 Å². The number of carbonyl (C=O) groups excluding carboxylic acids is 1. The largest absolute Gasteiger partial charge is 0.382 e. The van der Waals surface area contributed by atoms with Gasteiger partial charge in [-0.15, -0.1) is 5.10 Å². The summed E-state index contributed by atoms with van der Waals surface area (Å²) in [5, 5.41) is 8.55. The lowest BCUT2D eigenvalue weighted by Crippen LogP contribution is -2.45. The Bertz CT molecular complexity index is 955. The number of para-hydroxylation sites is 1. The molecule has 6 nitrogen and oxygen atoms in total. The summed E-state index contributed by atoms with van der Waals surface area (Å²) in [7, 11) is 0. The van der Waals surface area contributed by atoms with E-state index in [1.54, 1.807) is 30.0 Å². The van der Waals surface area contributed by atoms with Gasteiger partial charge < -0.3 is 9.74 Å². The number of fused-ring (bicyclic) bond motifs is 2. The Labute approximate surface area is 149 Å². The summed E-state index contributed by atoms with van der Waals surface area (Å²) in [6.45, 7) is 3.75. The molecule has 2 aromatic carbocycles. The highest BCUT2D eigenvalue weighted by atomic mass is 35.5. The van der Waals surface area contributed by atoms with Crippen molar-refractivity contribution < 1.29 is 9.63 Å². The fourth-order valence-corrected chi connectivity index (χ4v) is 3.41. The maximum atomic E-state index is 13.0. The fraction of sp³-hybridized carbons (Fsp3) is 0.278. The third kappa shape index (κ3) is 2.72. The quantitative estimate of drug-likeness (QED) is 0.724. The zero-order chi connectivity index (χ0) is 17.6. The molecule has 0 aliphatic carbocycles. The highest BCUT2D eigenvalue weighted by Gasteiger charge is 2.34. The van der Waals surface area contributed by atoms with Crippen LogP contribution in [0.1, 0.15) is 19.4 Å². The number of hydrogen-bond acceptors (Lipinski definition) is 4. The van der Waals surface area contributed by atoms with E-state index in [0.29, 0.717) is 16.1 Å². The lowest BCUT2D eigenvalue weighted by Gasteiger charge is -2.25. The van der Waals surface area contributed by atoms with E-state index in [1.807, 2.05) is 25.1 Å². The predicted octanol–water partition coefficient (Wildman–Crippen LogP) is 2.88. The first-order valence-corrected chi connectivity index (χ1v) is 8.51. The van der Waals surface area contributed by atoms with Crippen molar-refractivity contribution in [3.8, 4) is 0 Å². The summed E-state index contributed by atoms with van der Waals surface area (Å²) in [6, 6.07) is 13.3. The maximum Gasteiger partial charge on any atom is 0.270 e. The van der Waals surface area contributed by atoms with Crippen molar-refractivity contribution in [3.05, 3.63) is 53.1 Å². The number of aromatic nitrogens is 3. The molecule has 0 radical (unpaired) electrons. The van der Waals surface area contributed by atoms with Crippen molar-refractivity contribution in [2.24, 2.45) is 0 Å². The van der Waals surface area contributed by atoms with Crippen molar-refractivity contribution in [1.29, 1.82) is 0 Å². The van der Waals surface area contributed by atoms with Gasteiger partial charge in [0.1, 0.15) is 11.0 Å². The number of nitrogens with zero attached hydrogens (tertiary/aromatic N) is 4. The average molecular weight is 357 g/mol. The van der Waals surface area contributed by atoms with Gasteiger partial charge >= 0.3 is 0 Å². The smallest absolute Gasteiger partial charge is 0.270 e. The van der Waals surface area contributed by atoms with Crippen LogP contribution in [0.3, 0.4) is 0 Å². The Balaban J connectivity index is 1.59. The van der Waals surface area contributed by atoms with Crippen LogP contribution in [0.4, 0.5) is 5.69 Å². The van der Waals surface area contributed by atoms with Gasteiger partial charge in [0, 0.05) is 16.8 Å². The number of hydrogen-bond donors (Lipinski definition) is 0. The van der Waals surface area contributed by atoms with Crippen molar-refractivity contribution >= 4 is 34.2 Å². The molecule has 1 aromatic heterocycles. The molecule has 0 spiro atoms. The fourth-order valence-electron chi connectivity index (χ4n) is 3.24. The molecule has 25 heavy (non-hydrogen) atoms. The molecule has 0 N–H and O–H groups in total. The first kappa shape index (κ1) is 15.9. The first-order chi connectivity index (χ1) is 12.0. The Hall–Kier alpha value is -2.60. The van der Waals surface area contributed by atoms with Crippen molar-refractivity contribution in [1.82, 2.24) is 15.2 Å². The highest BCUT2D eigenvalue weighted by molar-refractivity contribution is 6.31. The number of halogens is 1. The van der Waals surface area contributed by atoms with Gasteiger partial charge in [-0.3, -0.25) is 4.79 Å². The van der Waals surface area contributed by atoms with E-state index in [-0.39, 0.29) is 11.9 Å².